The average Bonchev–Trinajstić information content (AvgIpc) is 2.81. The van der Waals surface area contributed by atoms with E-state index >= 15 is 0 Å². The van der Waals surface area contributed by atoms with Gasteiger partial charge in [0.1, 0.15) is 6.07 Å². The second-order valence-electron chi connectivity index (χ2n) is 4.88. The van der Waals surface area contributed by atoms with E-state index in [9.17, 15) is 0 Å². The number of benzene rings is 1. The third kappa shape index (κ3) is 2.47. The molecule has 1 N–H and O–H groups in total. The van der Waals surface area contributed by atoms with Crippen LogP contribution in [-0.4, -0.2) is 4.98 Å². The molecule has 1 aromatic heterocycles. The van der Waals surface area contributed by atoms with Crippen molar-refractivity contribution in [2.75, 3.05) is 5.32 Å². The van der Waals surface area contributed by atoms with Gasteiger partial charge in [-0.3, -0.25) is 0 Å². The van der Waals surface area contributed by atoms with Crippen LogP contribution in [0.1, 0.15) is 34.5 Å². The Morgan fingerprint density at radius 1 is 1.32 bits per heavy atom. The average molecular weight is 269 g/mol. The van der Waals surface area contributed by atoms with E-state index in [1.54, 1.807) is 11.3 Å². The molecule has 0 bridgehead atoms. The molecule has 0 unspecified atom stereocenters. The predicted octanol–water partition coefficient (Wildman–Crippen LogP) is 3.95. The van der Waals surface area contributed by atoms with E-state index in [4.69, 9.17) is 5.26 Å². The summed E-state index contributed by atoms with van der Waals surface area (Å²) >= 11 is 1.72. The minimum Gasteiger partial charge on any atom is -0.330 e. The highest BCUT2D eigenvalue weighted by Gasteiger charge is 2.15. The first-order valence-corrected chi connectivity index (χ1v) is 7.34. The number of anilines is 2. The molecule has 0 radical (unpaired) electrons. The molecule has 1 aromatic carbocycles. The summed E-state index contributed by atoms with van der Waals surface area (Å²) in [7, 11) is 0. The Labute approximate surface area is 116 Å². The maximum absolute atomic E-state index is 9.14. The topological polar surface area (TPSA) is 48.7 Å². The van der Waals surface area contributed by atoms with Crippen LogP contribution >= 0.6 is 11.3 Å². The lowest BCUT2D eigenvalue weighted by Crippen LogP contribution is -1.99. The van der Waals surface area contributed by atoms with Gasteiger partial charge in [-0.1, -0.05) is 6.07 Å². The summed E-state index contributed by atoms with van der Waals surface area (Å²) in [5.74, 6) is 0. The summed E-state index contributed by atoms with van der Waals surface area (Å²) in [5, 5.41) is 13.4. The summed E-state index contributed by atoms with van der Waals surface area (Å²) < 4.78 is 0. The zero-order chi connectivity index (χ0) is 13.2. The Hall–Kier alpha value is -1.86. The molecule has 1 heterocycles. The van der Waals surface area contributed by atoms with Crippen LogP contribution < -0.4 is 5.32 Å². The standard InChI is InChI=1S/C15H15N3S/c1-10-6-7-11(9-16)13(8-10)18-15-17-12-4-2-3-5-14(12)19-15/h6-8H,2-5H2,1H3,(H,17,18). The number of hydrogen-bond acceptors (Lipinski definition) is 4. The Balaban J connectivity index is 1.91. The molecule has 1 aliphatic rings. The molecule has 2 aromatic rings. The first-order valence-electron chi connectivity index (χ1n) is 6.52. The second-order valence-corrected chi connectivity index (χ2v) is 5.97. The van der Waals surface area contributed by atoms with Gasteiger partial charge >= 0.3 is 0 Å². The van der Waals surface area contributed by atoms with Crippen molar-refractivity contribution in [3.05, 3.63) is 39.9 Å². The smallest absolute Gasteiger partial charge is 0.187 e. The largest absolute Gasteiger partial charge is 0.330 e. The Bertz CT molecular complexity index is 628. The van der Waals surface area contributed by atoms with Gasteiger partial charge in [-0.05, 0) is 50.3 Å². The third-order valence-corrected chi connectivity index (χ3v) is 4.46. The first kappa shape index (κ1) is 12.2. The minimum atomic E-state index is 0.666. The van der Waals surface area contributed by atoms with Crippen molar-refractivity contribution < 1.29 is 0 Å². The molecule has 0 fully saturated rings. The van der Waals surface area contributed by atoms with E-state index in [1.807, 2.05) is 25.1 Å². The summed E-state index contributed by atoms with van der Waals surface area (Å²) in [6.45, 7) is 2.03. The zero-order valence-electron chi connectivity index (χ0n) is 10.9. The lowest BCUT2D eigenvalue weighted by Gasteiger charge is -2.06. The molecule has 0 amide bonds. The normalized spacial score (nSPS) is 13.7. The van der Waals surface area contributed by atoms with Crippen molar-refractivity contribution in [2.45, 2.75) is 32.6 Å². The number of aryl methyl sites for hydroxylation is 3. The fraction of sp³-hybridized carbons (Fsp3) is 0.333. The second kappa shape index (κ2) is 5.02. The summed E-state index contributed by atoms with van der Waals surface area (Å²) in [5.41, 5.74) is 3.90. The number of rotatable bonds is 2. The van der Waals surface area contributed by atoms with Crippen LogP contribution in [0, 0.1) is 18.3 Å². The van der Waals surface area contributed by atoms with E-state index in [0.717, 1.165) is 29.2 Å². The molecule has 1 aliphatic carbocycles. The molecule has 3 rings (SSSR count). The summed E-state index contributed by atoms with van der Waals surface area (Å²) in [6, 6.07) is 8.03. The van der Waals surface area contributed by atoms with Gasteiger partial charge in [-0.2, -0.15) is 5.26 Å². The van der Waals surface area contributed by atoms with Crippen LogP contribution in [0.5, 0.6) is 0 Å². The fourth-order valence-electron chi connectivity index (χ4n) is 2.38. The molecule has 0 saturated carbocycles. The predicted molar refractivity (Wildman–Crippen MR) is 77.9 cm³/mol. The van der Waals surface area contributed by atoms with Gasteiger partial charge in [0.2, 0.25) is 0 Å². The van der Waals surface area contributed by atoms with Gasteiger partial charge < -0.3 is 5.32 Å². The number of nitrogens with one attached hydrogen (secondary N) is 1. The van der Waals surface area contributed by atoms with Crippen molar-refractivity contribution >= 4 is 22.2 Å². The molecule has 4 heteroatoms. The van der Waals surface area contributed by atoms with Crippen molar-refractivity contribution in [2.24, 2.45) is 0 Å². The number of thiazole rings is 1. The van der Waals surface area contributed by atoms with E-state index in [0.29, 0.717) is 5.56 Å². The molecule has 0 saturated heterocycles. The van der Waals surface area contributed by atoms with Gasteiger partial charge in [0.15, 0.2) is 5.13 Å². The SMILES string of the molecule is Cc1ccc(C#N)c(Nc2nc3c(s2)CCCC3)c1. The number of fused-ring (bicyclic) bond motifs is 1. The Morgan fingerprint density at radius 2 is 2.16 bits per heavy atom. The molecule has 0 atom stereocenters. The van der Waals surface area contributed by atoms with Gasteiger partial charge in [-0.15, -0.1) is 11.3 Å². The Morgan fingerprint density at radius 3 is 2.95 bits per heavy atom. The van der Waals surface area contributed by atoms with Crippen molar-refractivity contribution in [3.8, 4) is 6.07 Å². The van der Waals surface area contributed by atoms with Gasteiger partial charge in [-0.25, -0.2) is 4.98 Å². The van der Waals surface area contributed by atoms with Crippen LogP contribution in [-0.2, 0) is 12.8 Å². The number of nitriles is 1. The van der Waals surface area contributed by atoms with Gasteiger partial charge in [0.05, 0.1) is 16.9 Å². The highest BCUT2D eigenvalue weighted by molar-refractivity contribution is 7.15. The third-order valence-electron chi connectivity index (χ3n) is 3.38. The number of hydrogen-bond donors (Lipinski definition) is 1. The van der Waals surface area contributed by atoms with Crippen LogP contribution in [0.25, 0.3) is 0 Å². The highest BCUT2D eigenvalue weighted by Crippen LogP contribution is 2.32. The quantitative estimate of drug-likeness (QED) is 0.898. The molecule has 0 spiro atoms. The summed E-state index contributed by atoms with van der Waals surface area (Å²) in [6.07, 6.45) is 4.74. The van der Waals surface area contributed by atoms with E-state index in [1.165, 1.54) is 23.4 Å². The van der Waals surface area contributed by atoms with E-state index in [-0.39, 0.29) is 0 Å². The minimum absolute atomic E-state index is 0.666. The lowest BCUT2D eigenvalue weighted by atomic mass is 10.0. The van der Waals surface area contributed by atoms with E-state index in [2.05, 4.69) is 16.4 Å². The number of aromatic nitrogens is 1. The molecular formula is C15H15N3S. The Kier molecular flexibility index (Phi) is 3.22. The molecule has 19 heavy (non-hydrogen) atoms. The molecule has 96 valence electrons. The highest BCUT2D eigenvalue weighted by atomic mass is 32.1. The van der Waals surface area contributed by atoms with Crippen LogP contribution in [0.2, 0.25) is 0 Å². The first-order chi connectivity index (χ1) is 9.26. The van der Waals surface area contributed by atoms with Gasteiger partial charge in [0.25, 0.3) is 0 Å². The molecule has 3 nitrogen and oxygen atoms in total. The van der Waals surface area contributed by atoms with Crippen molar-refractivity contribution in [1.82, 2.24) is 4.98 Å². The van der Waals surface area contributed by atoms with Crippen molar-refractivity contribution in [1.29, 1.82) is 5.26 Å². The van der Waals surface area contributed by atoms with Crippen LogP contribution in [0.4, 0.5) is 10.8 Å². The number of nitrogens with zero attached hydrogens (tertiary/aromatic N) is 2. The maximum atomic E-state index is 9.14. The van der Waals surface area contributed by atoms with Gasteiger partial charge in [0, 0.05) is 4.88 Å². The monoisotopic (exact) mass is 269 g/mol. The lowest BCUT2D eigenvalue weighted by molar-refractivity contribution is 0.683. The zero-order valence-corrected chi connectivity index (χ0v) is 11.7. The maximum Gasteiger partial charge on any atom is 0.187 e. The van der Waals surface area contributed by atoms with E-state index < -0.39 is 0 Å². The fourth-order valence-corrected chi connectivity index (χ4v) is 3.44. The summed E-state index contributed by atoms with van der Waals surface area (Å²) in [4.78, 5) is 6.05. The van der Waals surface area contributed by atoms with Crippen LogP contribution in [0.3, 0.4) is 0 Å². The molecule has 0 aliphatic heterocycles. The van der Waals surface area contributed by atoms with Crippen molar-refractivity contribution in [3.63, 3.8) is 0 Å². The molecular weight excluding hydrogens is 254 g/mol. The van der Waals surface area contributed by atoms with Crippen LogP contribution in [0.15, 0.2) is 18.2 Å².